The van der Waals surface area contributed by atoms with E-state index in [0.29, 0.717) is 0 Å². The summed E-state index contributed by atoms with van der Waals surface area (Å²) in [7, 11) is -1.57. The fraction of sp³-hybridized carbons (Fsp3) is 0.231. The number of alkyl halides is 3. The second kappa shape index (κ2) is 6.74. The van der Waals surface area contributed by atoms with Crippen molar-refractivity contribution in [3.8, 4) is 11.8 Å². The summed E-state index contributed by atoms with van der Waals surface area (Å²) in [6.07, 6.45) is -4.58. The Morgan fingerprint density at radius 1 is 1.50 bits per heavy atom. The summed E-state index contributed by atoms with van der Waals surface area (Å²) >= 11 is 8.97. The van der Waals surface area contributed by atoms with Gasteiger partial charge in [0.1, 0.15) is 16.8 Å². The van der Waals surface area contributed by atoms with E-state index in [1.54, 1.807) is 13.0 Å². The molecular formula is C13H9BrClF3N4OS. The summed E-state index contributed by atoms with van der Waals surface area (Å²) in [6, 6.07) is 3.32. The van der Waals surface area contributed by atoms with Gasteiger partial charge in [0.15, 0.2) is 5.69 Å². The summed E-state index contributed by atoms with van der Waals surface area (Å²) in [6.45, 7) is 1.63. The first kappa shape index (κ1) is 18.8. The van der Waals surface area contributed by atoms with Crippen molar-refractivity contribution in [1.29, 1.82) is 5.26 Å². The maximum atomic E-state index is 12.8. The molecule has 1 aromatic heterocycles. The Balaban J connectivity index is 2.73. The Morgan fingerprint density at radius 3 is 2.58 bits per heavy atom. The van der Waals surface area contributed by atoms with Gasteiger partial charge in [0.05, 0.1) is 27.1 Å². The second-order valence-corrected chi connectivity index (χ2v) is 7.45. The van der Waals surface area contributed by atoms with Gasteiger partial charge in [-0.25, -0.2) is 4.68 Å². The summed E-state index contributed by atoms with van der Waals surface area (Å²) in [5, 5.41) is 12.8. The lowest BCUT2D eigenvalue weighted by molar-refractivity contribution is -0.137. The molecule has 2 aromatic rings. The van der Waals surface area contributed by atoms with Gasteiger partial charge in [0, 0.05) is 10.2 Å². The lowest BCUT2D eigenvalue weighted by Crippen LogP contribution is -2.09. The first-order valence-electron chi connectivity index (χ1n) is 6.35. The van der Waals surface area contributed by atoms with Crippen LogP contribution >= 0.6 is 27.5 Å². The van der Waals surface area contributed by atoms with E-state index >= 15 is 0 Å². The molecule has 1 unspecified atom stereocenters. The fourth-order valence-electron chi connectivity index (χ4n) is 1.96. The highest BCUT2D eigenvalue weighted by molar-refractivity contribution is 9.10. The van der Waals surface area contributed by atoms with Crippen molar-refractivity contribution < 1.29 is 17.4 Å². The first-order chi connectivity index (χ1) is 11.1. The molecular weight excluding hydrogens is 433 g/mol. The van der Waals surface area contributed by atoms with E-state index in [9.17, 15) is 17.4 Å². The monoisotopic (exact) mass is 440 g/mol. The highest BCUT2D eigenvalue weighted by atomic mass is 79.9. The van der Waals surface area contributed by atoms with E-state index in [1.165, 1.54) is 0 Å². The minimum absolute atomic E-state index is 0.0187. The van der Waals surface area contributed by atoms with Crippen LogP contribution in [0.1, 0.15) is 18.2 Å². The molecule has 11 heteroatoms. The summed E-state index contributed by atoms with van der Waals surface area (Å²) in [5.74, 6) is 0.0843. The van der Waals surface area contributed by atoms with Gasteiger partial charge in [-0.15, -0.1) is 0 Å². The van der Waals surface area contributed by atoms with Gasteiger partial charge < -0.3 is 5.73 Å². The zero-order chi connectivity index (χ0) is 18.2. The number of hydrogen-bond donors (Lipinski definition) is 1. The van der Waals surface area contributed by atoms with E-state index in [-0.39, 0.29) is 37.3 Å². The van der Waals surface area contributed by atoms with Gasteiger partial charge in [0.25, 0.3) is 0 Å². The van der Waals surface area contributed by atoms with Gasteiger partial charge >= 0.3 is 6.18 Å². The summed E-state index contributed by atoms with van der Waals surface area (Å²) in [4.78, 5) is 0.0304. The molecule has 0 aliphatic heterocycles. The van der Waals surface area contributed by atoms with Crippen LogP contribution in [-0.2, 0) is 17.0 Å². The molecule has 0 aliphatic rings. The predicted octanol–water partition coefficient (Wildman–Crippen LogP) is 3.89. The molecule has 2 rings (SSSR count). The van der Waals surface area contributed by atoms with Crippen molar-refractivity contribution in [2.24, 2.45) is 0 Å². The topological polar surface area (TPSA) is 84.7 Å². The quantitative estimate of drug-likeness (QED) is 0.783. The number of hydrogen-bond acceptors (Lipinski definition) is 4. The first-order valence-corrected chi connectivity index (χ1v) is 8.84. The molecule has 0 radical (unpaired) electrons. The highest BCUT2D eigenvalue weighted by Crippen LogP contribution is 2.39. The average molecular weight is 442 g/mol. The molecule has 1 atom stereocenters. The molecule has 0 bridgehead atoms. The normalized spacial score (nSPS) is 12.9. The maximum Gasteiger partial charge on any atom is 0.416 e. The standard InChI is InChI=1S/C13H9BrClF3N4OS/c1-2-24(23)11-9(5-19)21-22(12(11)20)10-7(14)3-6(4-8(10)15)13(16,17)18/h3-4H,2,20H2,1H3. The molecule has 128 valence electrons. The molecule has 1 heterocycles. The lowest BCUT2D eigenvalue weighted by Gasteiger charge is -2.13. The van der Waals surface area contributed by atoms with Gasteiger partial charge in [-0.05, 0) is 28.1 Å². The zero-order valence-electron chi connectivity index (χ0n) is 12.0. The fourth-order valence-corrected chi connectivity index (χ4v) is 3.91. The SMILES string of the molecule is CCS(=O)c1c(C#N)nn(-c2c(Cl)cc(C(F)(F)F)cc2Br)c1N. The predicted molar refractivity (Wildman–Crippen MR) is 87.4 cm³/mol. The van der Waals surface area contributed by atoms with Crippen molar-refractivity contribution in [2.75, 3.05) is 11.5 Å². The van der Waals surface area contributed by atoms with Gasteiger partial charge in [-0.1, -0.05) is 18.5 Å². The van der Waals surface area contributed by atoms with Crippen LogP contribution in [0.15, 0.2) is 21.5 Å². The van der Waals surface area contributed by atoms with E-state index in [1.807, 2.05) is 0 Å². The number of anilines is 1. The van der Waals surface area contributed by atoms with Crippen molar-refractivity contribution in [1.82, 2.24) is 9.78 Å². The van der Waals surface area contributed by atoms with Crippen LogP contribution in [0.25, 0.3) is 5.69 Å². The third-order valence-corrected chi connectivity index (χ3v) is 5.30. The molecule has 0 saturated carbocycles. The van der Waals surface area contributed by atoms with Crippen LogP contribution in [0, 0.1) is 11.3 Å². The van der Waals surface area contributed by atoms with Gasteiger partial charge in [-0.3, -0.25) is 4.21 Å². The maximum absolute atomic E-state index is 12.8. The molecule has 0 saturated heterocycles. The van der Waals surface area contributed by atoms with Crippen molar-refractivity contribution in [2.45, 2.75) is 18.0 Å². The molecule has 0 amide bonds. The van der Waals surface area contributed by atoms with Crippen LogP contribution in [-0.4, -0.2) is 19.7 Å². The number of rotatable bonds is 3. The van der Waals surface area contributed by atoms with E-state index in [2.05, 4.69) is 21.0 Å². The Kier molecular flexibility index (Phi) is 5.27. The Labute approximate surface area is 150 Å². The van der Waals surface area contributed by atoms with Crippen LogP contribution in [0.5, 0.6) is 0 Å². The number of halogens is 5. The smallest absolute Gasteiger partial charge is 0.383 e. The van der Waals surface area contributed by atoms with Crippen LogP contribution in [0.2, 0.25) is 5.02 Å². The van der Waals surface area contributed by atoms with Crippen LogP contribution in [0.4, 0.5) is 19.0 Å². The lowest BCUT2D eigenvalue weighted by atomic mass is 10.2. The van der Waals surface area contributed by atoms with Crippen molar-refractivity contribution >= 4 is 44.1 Å². The van der Waals surface area contributed by atoms with E-state index < -0.39 is 22.5 Å². The number of nitrogen functional groups attached to an aromatic ring is 1. The minimum Gasteiger partial charge on any atom is -0.383 e. The van der Waals surface area contributed by atoms with Gasteiger partial charge in [0.2, 0.25) is 0 Å². The number of benzene rings is 1. The molecule has 0 aliphatic carbocycles. The van der Waals surface area contributed by atoms with Gasteiger partial charge in [-0.2, -0.15) is 23.5 Å². The summed E-state index contributed by atoms with van der Waals surface area (Å²) < 4.78 is 51.5. The van der Waals surface area contributed by atoms with E-state index in [0.717, 1.165) is 16.8 Å². The molecule has 2 N–H and O–H groups in total. The minimum atomic E-state index is -4.58. The zero-order valence-corrected chi connectivity index (χ0v) is 15.1. The second-order valence-electron chi connectivity index (χ2n) is 4.51. The Bertz CT molecular complexity index is 852. The van der Waals surface area contributed by atoms with E-state index in [4.69, 9.17) is 22.6 Å². The number of nitrogens with zero attached hydrogens (tertiary/aromatic N) is 3. The van der Waals surface area contributed by atoms with Crippen LogP contribution in [0.3, 0.4) is 0 Å². The molecule has 0 fully saturated rings. The number of nitrogens with two attached hydrogens (primary N) is 1. The molecule has 0 spiro atoms. The molecule has 1 aromatic carbocycles. The average Bonchev–Trinajstić information content (AvgIpc) is 2.81. The Hall–Kier alpha value is -1.57. The Morgan fingerprint density at radius 2 is 2.12 bits per heavy atom. The molecule has 24 heavy (non-hydrogen) atoms. The van der Waals surface area contributed by atoms with Crippen LogP contribution < -0.4 is 5.73 Å². The number of nitriles is 1. The summed E-state index contributed by atoms with van der Waals surface area (Å²) in [5.41, 5.74) is 4.81. The highest BCUT2D eigenvalue weighted by Gasteiger charge is 2.33. The van der Waals surface area contributed by atoms with Crippen molar-refractivity contribution in [3.05, 3.63) is 32.9 Å². The molecule has 5 nitrogen and oxygen atoms in total. The largest absolute Gasteiger partial charge is 0.416 e. The third kappa shape index (κ3) is 3.29. The van der Waals surface area contributed by atoms with Crippen molar-refractivity contribution in [3.63, 3.8) is 0 Å². The third-order valence-electron chi connectivity index (χ3n) is 3.03. The number of aromatic nitrogens is 2.